The largest absolute Gasteiger partial charge is 0.317 e. The highest BCUT2D eigenvalue weighted by atomic mass is 32.1. The highest BCUT2D eigenvalue weighted by Gasteiger charge is 2.08. The summed E-state index contributed by atoms with van der Waals surface area (Å²) in [6, 6.07) is 6.45. The predicted octanol–water partition coefficient (Wildman–Crippen LogP) is 2.97. The molecule has 0 saturated carbocycles. The fourth-order valence-corrected chi connectivity index (χ4v) is 2.82. The van der Waals surface area contributed by atoms with Crippen molar-refractivity contribution in [1.29, 1.82) is 0 Å². The minimum absolute atomic E-state index is 0.955. The van der Waals surface area contributed by atoms with Crippen molar-refractivity contribution in [3.63, 3.8) is 0 Å². The maximum absolute atomic E-state index is 4.30. The molecular weight excluding hydrogens is 242 g/mol. The molecule has 18 heavy (non-hydrogen) atoms. The molecule has 1 aromatic carbocycles. The van der Waals surface area contributed by atoms with Gasteiger partial charge in [0.2, 0.25) is 0 Å². The number of aromatic nitrogens is 2. The van der Waals surface area contributed by atoms with Crippen LogP contribution in [0.1, 0.15) is 23.1 Å². The van der Waals surface area contributed by atoms with Gasteiger partial charge in [-0.05, 0) is 26.0 Å². The number of nitrogens with zero attached hydrogens (tertiary/aromatic N) is 2. The van der Waals surface area contributed by atoms with Crippen molar-refractivity contribution in [3.8, 4) is 10.6 Å². The number of nitrogens with one attached hydrogen (secondary N) is 1. The quantitative estimate of drug-likeness (QED) is 0.841. The molecule has 0 aliphatic heterocycles. The van der Waals surface area contributed by atoms with Gasteiger partial charge in [-0.2, -0.15) is 0 Å². The summed E-state index contributed by atoms with van der Waals surface area (Å²) in [6.45, 7) is 8.32. The zero-order valence-electron chi connectivity index (χ0n) is 11.2. The average molecular weight is 261 g/mol. The van der Waals surface area contributed by atoms with Crippen molar-refractivity contribution in [1.82, 2.24) is 15.5 Å². The van der Waals surface area contributed by atoms with Crippen LogP contribution in [0, 0.1) is 13.8 Å². The summed E-state index contributed by atoms with van der Waals surface area (Å²) in [5, 5.41) is 14.0. The first-order chi connectivity index (χ1) is 8.70. The molecule has 1 heterocycles. The SMILES string of the molecule is CCNCCc1nnc(-c2ccc(C)cc2C)s1. The molecule has 1 N–H and O–H groups in total. The Morgan fingerprint density at radius 2 is 2.06 bits per heavy atom. The van der Waals surface area contributed by atoms with Crippen LogP contribution in [0.3, 0.4) is 0 Å². The van der Waals surface area contributed by atoms with E-state index in [9.17, 15) is 0 Å². The Hall–Kier alpha value is -1.26. The third-order valence-electron chi connectivity index (χ3n) is 2.84. The van der Waals surface area contributed by atoms with E-state index in [2.05, 4.69) is 54.5 Å². The molecule has 0 amide bonds. The molecule has 4 heteroatoms. The van der Waals surface area contributed by atoms with Gasteiger partial charge in [0.1, 0.15) is 10.0 Å². The number of likely N-dealkylation sites (N-methyl/N-ethyl adjacent to an activating group) is 1. The second-order valence-electron chi connectivity index (χ2n) is 4.42. The first kappa shape index (κ1) is 13.2. The molecule has 0 radical (unpaired) electrons. The van der Waals surface area contributed by atoms with Crippen LogP contribution in [0.15, 0.2) is 18.2 Å². The van der Waals surface area contributed by atoms with Crippen LogP contribution >= 0.6 is 11.3 Å². The fourth-order valence-electron chi connectivity index (χ4n) is 1.89. The van der Waals surface area contributed by atoms with E-state index in [1.807, 2.05) is 0 Å². The van der Waals surface area contributed by atoms with Crippen LogP contribution < -0.4 is 5.32 Å². The van der Waals surface area contributed by atoms with Crippen molar-refractivity contribution in [2.45, 2.75) is 27.2 Å². The molecule has 0 bridgehead atoms. The minimum atomic E-state index is 0.955. The Bertz CT molecular complexity index is 520. The lowest BCUT2D eigenvalue weighted by molar-refractivity contribution is 0.710. The first-order valence-corrected chi connectivity index (χ1v) is 7.13. The van der Waals surface area contributed by atoms with E-state index in [1.54, 1.807) is 11.3 Å². The molecule has 3 nitrogen and oxygen atoms in total. The molecular formula is C14H19N3S. The molecule has 0 saturated heterocycles. The number of hydrogen-bond donors (Lipinski definition) is 1. The van der Waals surface area contributed by atoms with E-state index in [0.717, 1.165) is 29.5 Å². The van der Waals surface area contributed by atoms with E-state index in [1.165, 1.54) is 16.7 Å². The summed E-state index contributed by atoms with van der Waals surface area (Å²) < 4.78 is 0. The summed E-state index contributed by atoms with van der Waals surface area (Å²) in [6.07, 6.45) is 0.955. The van der Waals surface area contributed by atoms with Crippen molar-refractivity contribution in [3.05, 3.63) is 34.3 Å². The maximum Gasteiger partial charge on any atom is 0.148 e. The van der Waals surface area contributed by atoms with Crippen LogP contribution in [-0.2, 0) is 6.42 Å². The summed E-state index contributed by atoms with van der Waals surface area (Å²) >= 11 is 1.69. The van der Waals surface area contributed by atoms with E-state index in [0.29, 0.717) is 0 Å². The topological polar surface area (TPSA) is 37.8 Å². The summed E-state index contributed by atoms with van der Waals surface area (Å²) in [5.74, 6) is 0. The van der Waals surface area contributed by atoms with Crippen LogP contribution in [-0.4, -0.2) is 23.3 Å². The number of rotatable bonds is 5. The predicted molar refractivity (Wildman–Crippen MR) is 77.1 cm³/mol. The van der Waals surface area contributed by atoms with Crippen molar-refractivity contribution < 1.29 is 0 Å². The van der Waals surface area contributed by atoms with Gasteiger partial charge in [-0.15, -0.1) is 10.2 Å². The Morgan fingerprint density at radius 3 is 2.78 bits per heavy atom. The zero-order chi connectivity index (χ0) is 13.0. The van der Waals surface area contributed by atoms with Crippen LogP contribution in [0.5, 0.6) is 0 Å². The van der Waals surface area contributed by atoms with E-state index < -0.39 is 0 Å². The molecule has 2 rings (SSSR count). The van der Waals surface area contributed by atoms with Gasteiger partial charge in [-0.3, -0.25) is 0 Å². The molecule has 0 fully saturated rings. The maximum atomic E-state index is 4.30. The lowest BCUT2D eigenvalue weighted by atomic mass is 10.1. The Kier molecular flexibility index (Phi) is 4.44. The van der Waals surface area contributed by atoms with Gasteiger partial charge in [0.25, 0.3) is 0 Å². The Labute approximate surface area is 112 Å². The van der Waals surface area contributed by atoms with Crippen molar-refractivity contribution >= 4 is 11.3 Å². The number of aryl methyl sites for hydroxylation is 2. The zero-order valence-corrected chi connectivity index (χ0v) is 12.0. The highest BCUT2D eigenvalue weighted by molar-refractivity contribution is 7.14. The van der Waals surface area contributed by atoms with Crippen LogP contribution in [0.25, 0.3) is 10.6 Å². The molecule has 0 atom stereocenters. The lowest BCUT2D eigenvalue weighted by Gasteiger charge is -2.02. The van der Waals surface area contributed by atoms with Gasteiger partial charge < -0.3 is 5.32 Å². The van der Waals surface area contributed by atoms with Crippen molar-refractivity contribution in [2.24, 2.45) is 0 Å². The fraction of sp³-hybridized carbons (Fsp3) is 0.429. The van der Waals surface area contributed by atoms with Gasteiger partial charge in [-0.25, -0.2) is 0 Å². The number of benzene rings is 1. The second-order valence-corrected chi connectivity index (χ2v) is 5.48. The molecule has 2 aromatic rings. The minimum Gasteiger partial charge on any atom is -0.317 e. The molecule has 0 spiro atoms. The average Bonchev–Trinajstić information content (AvgIpc) is 2.78. The molecule has 1 aromatic heterocycles. The Morgan fingerprint density at radius 1 is 1.22 bits per heavy atom. The number of hydrogen-bond acceptors (Lipinski definition) is 4. The highest BCUT2D eigenvalue weighted by Crippen LogP contribution is 2.27. The molecule has 0 aliphatic carbocycles. The summed E-state index contributed by atoms with van der Waals surface area (Å²) in [5.41, 5.74) is 3.75. The van der Waals surface area contributed by atoms with Gasteiger partial charge in [-0.1, -0.05) is 42.0 Å². The van der Waals surface area contributed by atoms with Gasteiger partial charge >= 0.3 is 0 Å². The molecule has 0 aliphatic rings. The van der Waals surface area contributed by atoms with Gasteiger partial charge in [0.05, 0.1) is 0 Å². The Balaban J connectivity index is 2.13. The second kappa shape index (κ2) is 6.07. The third kappa shape index (κ3) is 3.15. The monoisotopic (exact) mass is 261 g/mol. The van der Waals surface area contributed by atoms with Gasteiger partial charge in [0.15, 0.2) is 0 Å². The summed E-state index contributed by atoms with van der Waals surface area (Å²) in [4.78, 5) is 0. The first-order valence-electron chi connectivity index (χ1n) is 6.31. The summed E-state index contributed by atoms with van der Waals surface area (Å²) in [7, 11) is 0. The normalized spacial score (nSPS) is 10.8. The van der Waals surface area contributed by atoms with Gasteiger partial charge in [0, 0.05) is 18.5 Å². The lowest BCUT2D eigenvalue weighted by Crippen LogP contribution is -2.15. The van der Waals surface area contributed by atoms with E-state index >= 15 is 0 Å². The smallest absolute Gasteiger partial charge is 0.148 e. The van der Waals surface area contributed by atoms with Crippen LogP contribution in [0.2, 0.25) is 0 Å². The van der Waals surface area contributed by atoms with Crippen LogP contribution in [0.4, 0.5) is 0 Å². The molecule has 96 valence electrons. The molecule has 0 unspecified atom stereocenters. The van der Waals surface area contributed by atoms with E-state index in [4.69, 9.17) is 0 Å². The third-order valence-corrected chi connectivity index (χ3v) is 3.86. The van der Waals surface area contributed by atoms with E-state index in [-0.39, 0.29) is 0 Å². The van der Waals surface area contributed by atoms with Crippen molar-refractivity contribution in [2.75, 3.05) is 13.1 Å². The standard InChI is InChI=1S/C14H19N3S/c1-4-15-8-7-13-16-17-14(18-13)12-6-5-10(2)9-11(12)3/h5-6,9,15H,4,7-8H2,1-3H3.